The Kier molecular flexibility index (Phi) is 5.56. The quantitative estimate of drug-likeness (QED) is 0.310. The fourth-order valence-corrected chi connectivity index (χ4v) is 3.91. The summed E-state index contributed by atoms with van der Waals surface area (Å²) < 4.78 is 11.9. The zero-order chi connectivity index (χ0) is 22.6. The van der Waals surface area contributed by atoms with E-state index in [2.05, 4.69) is 0 Å². The molecule has 0 bridgehead atoms. The molecule has 0 unspecified atom stereocenters. The largest absolute Gasteiger partial charge is 0.452 e. The van der Waals surface area contributed by atoms with E-state index in [4.69, 9.17) is 9.15 Å². The Bertz CT molecular complexity index is 1420. The summed E-state index contributed by atoms with van der Waals surface area (Å²) in [6.07, 6.45) is 0. The second kappa shape index (κ2) is 8.97. The topological polar surface area (TPSA) is 56.5 Å². The van der Waals surface area contributed by atoms with Gasteiger partial charge in [-0.25, -0.2) is 0 Å². The van der Waals surface area contributed by atoms with Crippen LogP contribution in [0.15, 0.2) is 124 Å². The zero-order valence-corrected chi connectivity index (χ0v) is 17.7. The van der Waals surface area contributed by atoms with Crippen LogP contribution in [0.2, 0.25) is 0 Å². The second-order valence-corrected chi connectivity index (χ2v) is 7.63. The molecule has 5 aromatic rings. The van der Waals surface area contributed by atoms with E-state index in [1.165, 1.54) is 0 Å². The highest BCUT2D eigenvalue weighted by atomic mass is 16.5. The monoisotopic (exact) mass is 432 g/mol. The van der Waals surface area contributed by atoms with Crippen molar-refractivity contribution in [3.63, 3.8) is 0 Å². The van der Waals surface area contributed by atoms with Crippen molar-refractivity contribution in [3.05, 3.63) is 137 Å². The number of carbonyl (C=O) groups excluding carboxylic acids is 1. The average molecular weight is 432 g/mol. The van der Waals surface area contributed by atoms with Crippen molar-refractivity contribution in [1.29, 1.82) is 0 Å². The van der Waals surface area contributed by atoms with Crippen molar-refractivity contribution < 1.29 is 13.9 Å². The molecule has 0 amide bonds. The van der Waals surface area contributed by atoms with Gasteiger partial charge >= 0.3 is 5.97 Å². The highest BCUT2D eigenvalue weighted by Crippen LogP contribution is 2.33. The van der Waals surface area contributed by atoms with Crippen LogP contribution in [0.5, 0.6) is 5.75 Å². The minimum Gasteiger partial charge on any atom is -0.452 e. The molecule has 160 valence electrons. The number of hydrogen-bond donors (Lipinski definition) is 0. The number of hydrogen-bond acceptors (Lipinski definition) is 4. The highest BCUT2D eigenvalue weighted by Gasteiger charge is 2.28. The summed E-state index contributed by atoms with van der Waals surface area (Å²) in [5.41, 5.74) is 2.26. The van der Waals surface area contributed by atoms with Crippen LogP contribution >= 0.6 is 0 Å². The van der Waals surface area contributed by atoms with Crippen molar-refractivity contribution in [2.45, 2.75) is 5.92 Å². The summed E-state index contributed by atoms with van der Waals surface area (Å²) in [4.78, 5) is 27.0. The van der Waals surface area contributed by atoms with E-state index in [-0.39, 0.29) is 16.9 Å². The van der Waals surface area contributed by atoms with Crippen molar-refractivity contribution >= 4 is 16.9 Å². The molecule has 0 atom stereocenters. The van der Waals surface area contributed by atoms with Gasteiger partial charge in [0.25, 0.3) is 0 Å². The maximum Gasteiger partial charge on any atom is 0.323 e. The summed E-state index contributed by atoms with van der Waals surface area (Å²) in [6, 6.07) is 34.9. The van der Waals surface area contributed by atoms with Gasteiger partial charge in [0, 0.05) is 5.56 Å². The number of benzene rings is 4. The van der Waals surface area contributed by atoms with Gasteiger partial charge in [0.15, 0.2) is 5.76 Å². The first-order valence-corrected chi connectivity index (χ1v) is 10.7. The second-order valence-electron chi connectivity index (χ2n) is 7.63. The number of esters is 1. The molecule has 0 aliphatic carbocycles. The smallest absolute Gasteiger partial charge is 0.323 e. The molecule has 0 saturated carbocycles. The Morgan fingerprint density at radius 3 is 1.79 bits per heavy atom. The Hall–Kier alpha value is -4.44. The lowest BCUT2D eigenvalue weighted by Gasteiger charge is -2.18. The number of rotatable bonds is 5. The van der Waals surface area contributed by atoms with E-state index < -0.39 is 11.9 Å². The minimum absolute atomic E-state index is 0.109. The summed E-state index contributed by atoms with van der Waals surface area (Å²) in [6.45, 7) is 0. The molecule has 1 aromatic heterocycles. The van der Waals surface area contributed by atoms with Crippen molar-refractivity contribution in [1.82, 2.24) is 0 Å². The minimum atomic E-state index is -0.693. The van der Waals surface area contributed by atoms with Gasteiger partial charge in [-0.2, -0.15) is 0 Å². The number of fused-ring (bicyclic) bond motifs is 1. The maximum absolute atomic E-state index is 13.6. The molecule has 4 heteroatoms. The van der Waals surface area contributed by atoms with Gasteiger partial charge in [0.2, 0.25) is 11.2 Å². The normalized spacial score (nSPS) is 10.9. The maximum atomic E-state index is 13.6. The van der Waals surface area contributed by atoms with Gasteiger partial charge < -0.3 is 9.15 Å². The fourth-order valence-electron chi connectivity index (χ4n) is 3.91. The third kappa shape index (κ3) is 4.06. The van der Waals surface area contributed by atoms with Crippen molar-refractivity contribution in [2.75, 3.05) is 0 Å². The lowest BCUT2D eigenvalue weighted by molar-refractivity contribution is -0.135. The molecule has 4 aromatic carbocycles. The average Bonchev–Trinajstić information content (AvgIpc) is 2.88. The Labute approximate surface area is 190 Å². The Morgan fingerprint density at radius 2 is 1.18 bits per heavy atom. The van der Waals surface area contributed by atoms with Crippen LogP contribution < -0.4 is 10.2 Å². The van der Waals surface area contributed by atoms with Gasteiger partial charge in [0.05, 0.1) is 5.39 Å². The van der Waals surface area contributed by atoms with E-state index in [0.717, 1.165) is 11.1 Å². The van der Waals surface area contributed by atoms with Gasteiger partial charge in [0.1, 0.15) is 11.5 Å². The van der Waals surface area contributed by atoms with E-state index in [0.29, 0.717) is 16.5 Å². The van der Waals surface area contributed by atoms with Crippen LogP contribution in [0.4, 0.5) is 0 Å². The predicted octanol–water partition coefficient (Wildman–Crippen LogP) is 6.20. The van der Waals surface area contributed by atoms with Crippen LogP contribution in [0.25, 0.3) is 22.3 Å². The van der Waals surface area contributed by atoms with Gasteiger partial charge in [-0.15, -0.1) is 0 Å². The number of para-hydroxylation sites is 1. The lowest BCUT2D eigenvalue weighted by atomic mass is 9.91. The Balaban J connectivity index is 1.65. The molecular weight excluding hydrogens is 412 g/mol. The van der Waals surface area contributed by atoms with Crippen LogP contribution in [0.1, 0.15) is 17.0 Å². The van der Waals surface area contributed by atoms with E-state index in [1.54, 1.807) is 24.3 Å². The van der Waals surface area contributed by atoms with Crippen LogP contribution in [-0.2, 0) is 4.79 Å². The molecule has 0 aliphatic heterocycles. The molecule has 0 N–H and O–H groups in total. The predicted molar refractivity (Wildman–Crippen MR) is 128 cm³/mol. The first-order valence-electron chi connectivity index (χ1n) is 10.7. The first-order chi connectivity index (χ1) is 16.2. The van der Waals surface area contributed by atoms with Crippen LogP contribution in [0.3, 0.4) is 0 Å². The van der Waals surface area contributed by atoms with E-state index >= 15 is 0 Å². The van der Waals surface area contributed by atoms with Crippen molar-refractivity contribution in [3.8, 4) is 17.1 Å². The zero-order valence-electron chi connectivity index (χ0n) is 17.7. The molecule has 0 spiro atoms. The summed E-state index contributed by atoms with van der Waals surface area (Å²) in [5, 5.41) is 0.357. The first kappa shape index (κ1) is 20.5. The molecule has 5 rings (SSSR count). The third-order valence-corrected chi connectivity index (χ3v) is 5.50. The molecule has 1 heterocycles. The molecule has 0 fully saturated rings. The summed E-state index contributed by atoms with van der Waals surface area (Å²) in [7, 11) is 0. The lowest BCUT2D eigenvalue weighted by Crippen LogP contribution is -2.23. The number of ether oxygens (including phenoxy) is 1. The SMILES string of the molecule is O=C(Oc1c(-c2ccccc2)oc2ccccc2c1=O)C(c1ccccc1)c1ccccc1. The third-order valence-electron chi connectivity index (χ3n) is 5.50. The van der Waals surface area contributed by atoms with E-state index in [1.807, 2.05) is 91.0 Å². The Morgan fingerprint density at radius 1 is 0.667 bits per heavy atom. The van der Waals surface area contributed by atoms with Crippen molar-refractivity contribution in [2.24, 2.45) is 0 Å². The van der Waals surface area contributed by atoms with E-state index in [9.17, 15) is 9.59 Å². The van der Waals surface area contributed by atoms with Gasteiger partial charge in [-0.3, -0.25) is 9.59 Å². The van der Waals surface area contributed by atoms with Crippen LogP contribution in [-0.4, -0.2) is 5.97 Å². The highest BCUT2D eigenvalue weighted by molar-refractivity contribution is 5.88. The molecule has 33 heavy (non-hydrogen) atoms. The molecule has 0 saturated heterocycles. The molecule has 0 aliphatic rings. The summed E-state index contributed by atoms with van der Waals surface area (Å²) in [5.74, 6) is -1.12. The van der Waals surface area contributed by atoms with Crippen LogP contribution in [0, 0.1) is 0 Å². The molecular formula is C29H20O4. The van der Waals surface area contributed by atoms with Gasteiger partial charge in [-0.05, 0) is 23.3 Å². The fraction of sp³-hybridized carbons (Fsp3) is 0.0345. The molecule has 4 nitrogen and oxygen atoms in total. The molecule has 0 radical (unpaired) electrons. The summed E-state index contributed by atoms with van der Waals surface area (Å²) >= 11 is 0. The van der Waals surface area contributed by atoms with Gasteiger partial charge in [-0.1, -0.05) is 103 Å². The number of carbonyl (C=O) groups is 1. The standard InChI is InChI=1S/C29H20O4/c30-26-23-18-10-11-19-24(23)32-27(22-16-8-3-9-17-22)28(26)33-29(31)25(20-12-4-1-5-13-20)21-14-6-2-7-15-21/h1-19,25H.